The van der Waals surface area contributed by atoms with Crippen LogP contribution in [-0.4, -0.2) is 27.3 Å². The van der Waals surface area contributed by atoms with Crippen LogP contribution in [0.15, 0.2) is 18.5 Å². The molecule has 0 fully saturated rings. The van der Waals surface area contributed by atoms with Crippen molar-refractivity contribution in [2.24, 2.45) is 5.73 Å². The van der Waals surface area contributed by atoms with E-state index in [4.69, 9.17) is 10.8 Å². The average molecular weight is 167 g/mol. The summed E-state index contributed by atoms with van der Waals surface area (Å²) in [7, 11) is 0. The molecule has 0 radical (unpaired) electrons. The Balaban J connectivity index is 2.58. The molecule has 5 nitrogen and oxygen atoms in total. The number of aliphatic carboxylic acids is 1. The van der Waals surface area contributed by atoms with Gasteiger partial charge in [0.05, 0.1) is 6.20 Å². The van der Waals surface area contributed by atoms with Gasteiger partial charge in [-0.2, -0.15) is 10.2 Å². The van der Waals surface area contributed by atoms with Crippen LogP contribution in [0.25, 0.3) is 0 Å². The van der Waals surface area contributed by atoms with Gasteiger partial charge >= 0.3 is 5.97 Å². The third-order valence-corrected chi connectivity index (χ3v) is 1.42. The van der Waals surface area contributed by atoms with Crippen molar-refractivity contribution in [3.63, 3.8) is 0 Å². The van der Waals surface area contributed by atoms with E-state index in [-0.39, 0.29) is 6.42 Å². The molecular formula is C7H9N3O2. The molecule has 1 atom stereocenters. The van der Waals surface area contributed by atoms with Crippen LogP contribution in [-0.2, 0) is 11.2 Å². The lowest BCUT2D eigenvalue weighted by atomic mass is 10.1. The highest BCUT2D eigenvalue weighted by molar-refractivity contribution is 5.73. The fourth-order valence-corrected chi connectivity index (χ4v) is 0.780. The van der Waals surface area contributed by atoms with Crippen molar-refractivity contribution in [2.45, 2.75) is 12.5 Å². The number of nitrogens with zero attached hydrogens (tertiary/aromatic N) is 2. The summed E-state index contributed by atoms with van der Waals surface area (Å²) in [6, 6.07) is 0.824. The summed E-state index contributed by atoms with van der Waals surface area (Å²) in [6.45, 7) is 0. The van der Waals surface area contributed by atoms with Gasteiger partial charge in [-0.3, -0.25) is 4.79 Å². The van der Waals surface area contributed by atoms with Crippen molar-refractivity contribution in [3.8, 4) is 0 Å². The number of aromatic nitrogens is 2. The smallest absolute Gasteiger partial charge is 0.320 e. The molecule has 0 amide bonds. The molecule has 0 aliphatic carbocycles. The molecule has 5 heteroatoms. The van der Waals surface area contributed by atoms with Crippen LogP contribution in [0.2, 0.25) is 0 Å². The van der Waals surface area contributed by atoms with Gasteiger partial charge in [-0.15, -0.1) is 0 Å². The highest BCUT2D eigenvalue weighted by Crippen LogP contribution is 1.97. The van der Waals surface area contributed by atoms with Crippen LogP contribution in [0.3, 0.4) is 0 Å². The second kappa shape index (κ2) is 3.77. The molecule has 0 unspecified atom stereocenters. The maximum Gasteiger partial charge on any atom is 0.320 e. The molecular weight excluding hydrogens is 158 g/mol. The summed E-state index contributed by atoms with van der Waals surface area (Å²) in [5.74, 6) is -1.01. The molecule has 1 aromatic heterocycles. The van der Waals surface area contributed by atoms with Crippen LogP contribution >= 0.6 is 0 Å². The number of carbonyl (C=O) groups is 1. The molecule has 3 N–H and O–H groups in total. The second-order valence-electron chi connectivity index (χ2n) is 2.40. The molecule has 64 valence electrons. The van der Waals surface area contributed by atoms with E-state index in [2.05, 4.69) is 10.2 Å². The monoisotopic (exact) mass is 167 g/mol. The molecule has 0 aliphatic rings. The Hall–Kier alpha value is -1.49. The lowest BCUT2D eigenvalue weighted by Crippen LogP contribution is -2.32. The lowest BCUT2D eigenvalue weighted by molar-refractivity contribution is -0.138. The minimum atomic E-state index is -1.01. The Labute approximate surface area is 69.2 Å². The topological polar surface area (TPSA) is 89.1 Å². The normalized spacial score (nSPS) is 12.4. The van der Waals surface area contributed by atoms with E-state index in [1.165, 1.54) is 12.4 Å². The van der Waals surface area contributed by atoms with Crippen LogP contribution in [0, 0.1) is 0 Å². The zero-order chi connectivity index (χ0) is 8.97. The van der Waals surface area contributed by atoms with Gasteiger partial charge in [0.1, 0.15) is 6.04 Å². The Morgan fingerprint density at radius 3 is 2.92 bits per heavy atom. The zero-order valence-electron chi connectivity index (χ0n) is 6.34. The molecule has 0 saturated heterocycles. The highest BCUT2D eigenvalue weighted by Gasteiger charge is 2.11. The predicted octanol–water partition coefficient (Wildman–Crippen LogP) is -0.569. The van der Waals surface area contributed by atoms with Crippen molar-refractivity contribution in [2.75, 3.05) is 0 Å². The van der Waals surface area contributed by atoms with E-state index < -0.39 is 12.0 Å². The number of nitrogens with two attached hydrogens (primary N) is 1. The molecule has 1 rings (SSSR count). The molecule has 0 aliphatic heterocycles. The summed E-state index contributed by atoms with van der Waals surface area (Å²) in [6.07, 6.45) is 3.29. The number of hydrogen-bond donors (Lipinski definition) is 2. The van der Waals surface area contributed by atoms with Crippen LogP contribution in [0.5, 0.6) is 0 Å². The van der Waals surface area contributed by atoms with E-state index in [9.17, 15) is 4.79 Å². The number of hydrogen-bond acceptors (Lipinski definition) is 4. The van der Waals surface area contributed by atoms with E-state index in [0.717, 1.165) is 5.56 Å². The van der Waals surface area contributed by atoms with Gasteiger partial charge in [-0.1, -0.05) is 0 Å². The van der Waals surface area contributed by atoms with E-state index in [0.29, 0.717) is 0 Å². The van der Waals surface area contributed by atoms with Crippen molar-refractivity contribution < 1.29 is 9.90 Å². The lowest BCUT2D eigenvalue weighted by Gasteiger charge is -2.04. The maximum absolute atomic E-state index is 10.3. The quantitative estimate of drug-likeness (QED) is 0.629. The molecule has 0 aromatic carbocycles. The summed E-state index contributed by atoms with van der Waals surface area (Å²) in [5.41, 5.74) is 6.08. The van der Waals surface area contributed by atoms with Gasteiger partial charge in [0, 0.05) is 6.20 Å². The minimum absolute atomic E-state index is 0.283. The molecule has 1 heterocycles. The van der Waals surface area contributed by atoms with Gasteiger partial charge < -0.3 is 10.8 Å². The van der Waals surface area contributed by atoms with Gasteiger partial charge in [0.2, 0.25) is 0 Å². The fourth-order valence-electron chi connectivity index (χ4n) is 0.780. The molecule has 12 heavy (non-hydrogen) atoms. The van der Waals surface area contributed by atoms with Crippen molar-refractivity contribution in [3.05, 3.63) is 24.0 Å². The Kier molecular flexibility index (Phi) is 2.71. The number of carboxylic acids is 1. The van der Waals surface area contributed by atoms with Crippen LogP contribution in [0.4, 0.5) is 0 Å². The Morgan fingerprint density at radius 2 is 2.42 bits per heavy atom. The first-order valence-corrected chi connectivity index (χ1v) is 3.44. The first-order valence-electron chi connectivity index (χ1n) is 3.44. The first-order chi connectivity index (χ1) is 5.70. The average Bonchev–Trinajstić information content (AvgIpc) is 2.06. The highest BCUT2D eigenvalue weighted by atomic mass is 16.4. The molecule has 0 saturated carbocycles. The third-order valence-electron chi connectivity index (χ3n) is 1.42. The largest absolute Gasteiger partial charge is 0.480 e. The maximum atomic E-state index is 10.3. The van der Waals surface area contributed by atoms with Gasteiger partial charge in [0.15, 0.2) is 0 Å². The fraction of sp³-hybridized carbons (Fsp3) is 0.286. The third kappa shape index (κ3) is 2.28. The SMILES string of the molecule is N[C@H](Cc1ccnnc1)C(=O)O. The summed E-state index contributed by atoms with van der Waals surface area (Å²) >= 11 is 0. The standard InChI is InChI=1S/C7H9N3O2/c8-6(7(11)12)3-5-1-2-9-10-4-5/h1-2,4,6H,3,8H2,(H,11,12)/t6-/m1/s1. The second-order valence-corrected chi connectivity index (χ2v) is 2.40. The van der Waals surface area contributed by atoms with Gasteiger partial charge in [-0.05, 0) is 18.1 Å². The summed E-state index contributed by atoms with van der Waals surface area (Å²) in [5, 5.41) is 15.6. The van der Waals surface area contributed by atoms with E-state index >= 15 is 0 Å². The first kappa shape index (κ1) is 8.61. The van der Waals surface area contributed by atoms with Crippen molar-refractivity contribution in [1.82, 2.24) is 10.2 Å². The van der Waals surface area contributed by atoms with Gasteiger partial charge in [-0.25, -0.2) is 0 Å². The van der Waals surface area contributed by atoms with Crippen molar-refractivity contribution >= 4 is 5.97 Å². The Morgan fingerprint density at radius 1 is 1.67 bits per heavy atom. The Bertz CT molecular complexity index is 263. The van der Waals surface area contributed by atoms with Gasteiger partial charge in [0.25, 0.3) is 0 Å². The molecule has 0 spiro atoms. The predicted molar refractivity (Wildman–Crippen MR) is 41.3 cm³/mol. The van der Waals surface area contributed by atoms with E-state index in [1.54, 1.807) is 6.07 Å². The summed E-state index contributed by atoms with van der Waals surface area (Å²) < 4.78 is 0. The van der Waals surface area contributed by atoms with Crippen LogP contribution in [0.1, 0.15) is 5.56 Å². The molecule has 0 bridgehead atoms. The molecule has 1 aromatic rings. The number of rotatable bonds is 3. The number of carboxylic acid groups (broad SMARTS) is 1. The van der Waals surface area contributed by atoms with Crippen molar-refractivity contribution in [1.29, 1.82) is 0 Å². The zero-order valence-corrected chi connectivity index (χ0v) is 6.34. The summed E-state index contributed by atoms with van der Waals surface area (Å²) in [4.78, 5) is 10.3. The minimum Gasteiger partial charge on any atom is -0.480 e. The van der Waals surface area contributed by atoms with Crippen LogP contribution < -0.4 is 5.73 Å². The van der Waals surface area contributed by atoms with E-state index in [1.807, 2.05) is 0 Å².